The molecule has 0 bridgehead atoms. The average molecular weight is 306 g/mol. The molecule has 22 heavy (non-hydrogen) atoms. The first kappa shape index (κ1) is 16.0. The highest BCUT2D eigenvalue weighted by Crippen LogP contribution is 2.22. The van der Waals surface area contributed by atoms with Crippen LogP contribution in [-0.4, -0.2) is 64.3 Å². The Morgan fingerprint density at radius 2 is 2.05 bits per heavy atom. The summed E-state index contributed by atoms with van der Waals surface area (Å²) in [7, 11) is 2.13. The van der Waals surface area contributed by atoms with Crippen molar-refractivity contribution in [1.29, 1.82) is 0 Å². The first-order chi connectivity index (χ1) is 10.6. The van der Waals surface area contributed by atoms with Crippen molar-refractivity contribution in [3.05, 3.63) is 17.2 Å². The Bertz CT molecular complexity index is 511. The second-order valence-electron chi connectivity index (χ2n) is 6.86. The van der Waals surface area contributed by atoms with Crippen molar-refractivity contribution in [2.75, 3.05) is 32.8 Å². The van der Waals surface area contributed by atoms with Crippen LogP contribution in [0.5, 0.6) is 0 Å². The minimum absolute atomic E-state index is 0.557. The van der Waals surface area contributed by atoms with Gasteiger partial charge in [-0.2, -0.15) is 0 Å². The maximum atomic E-state index is 5.86. The Hall–Kier alpha value is -0.910. The third-order valence-electron chi connectivity index (χ3n) is 5.40. The molecule has 5 nitrogen and oxygen atoms in total. The van der Waals surface area contributed by atoms with Crippen LogP contribution >= 0.6 is 0 Å². The second kappa shape index (κ2) is 6.69. The standard InChI is InChI=1S/C17H30N4O/c1-5-6-15-11-22-12-16-9-20(7-8-21(15)16)10-17-18-13(2)14(3)19(17)4/h15-16H,5-12H2,1-4H3/t15-,16+/m0/s1. The minimum atomic E-state index is 0.557. The smallest absolute Gasteiger partial charge is 0.123 e. The molecule has 1 aromatic heterocycles. The molecule has 0 spiro atoms. The molecule has 124 valence electrons. The van der Waals surface area contributed by atoms with Crippen LogP contribution in [0.1, 0.15) is 37.0 Å². The summed E-state index contributed by atoms with van der Waals surface area (Å²) in [5.74, 6) is 1.19. The molecule has 0 unspecified atom stereocenters. The number of nitrogens with zero attached hydrogens (tertiary/aromatic N) is 4. The van der Waals surface area contributed by atoms with E-state index in [4.69, 9.17) is 9.72 Å². The predicted octanol–water partition coefficient (Wildman–Crippen LogP) is 1.72. The number of aryl methyl sites for hydroxylation is 1. The molecule has 2 aliphatic heterocycles. The van der Waals surface area contributed by atoms with Gasteiger partial charge in [0.15, 0.2) is 0 Å². The number of aromatic nitrogens is 2. The van der Waals surface area contributed by atoms with E-state index >= 15 is 0 Å². The number of piperazine rings is 1. The molecule has 2 atom stereocenters. The van der Waals surface area contributed by atoms with Crippen molar-refractivity contribution in [3.8, 4) is 0 Å². The molecule has 0 saturated carbocycles. The van der Waals surface area contributed by atoms with E-state index in [2.05, 4.69) is 42.2 Å². The lowest BCUT2D eigenvalue weighted by Gasteiger charge is -2.48. The lowest BCUT2D eigenvalue weighted by atomic mass is 10.0. The molecule has 0 aromatic carbocycles. The molecular formula is C17H30N4O. The monoisotopic (exact) mass is 306 g/mol. The van der Waals surface area contributed by atoms with Crippen molar-refractivity contribution in [1.82, 2.24) is 19.4 Å². The Balaban J connectivity index is 1.63. The van der Waals surface area contributed by atoms with Crippen LogP contribution in [0.3, 0.4) is 0 Å². The molecule has 0 N–H and O–H groups in total. The van der Waals surface area contributed by atoms with Gasteiger partial charge >= 0.3 is 0 Å². The first-order valence-corrected chi connectivity index (χ1v) is 8.64. The SMILES string of the molecule is CCC[C@H]1COC[C@H]2CN(Cc3nc(C)c(C)n3C)CCN12. The largest absolute Gasteiger partial charge is 0.378 e. The zero-order chi connectivity index (χ0) is 15.7. The van der Waals surface area contributed by atoms with Crippen LogP contribution in [0.25, 0.3) is 0 Å². The van der Waals surface area contributed by atoms with Crippen molar-refractivity contribution in [2.45, 2.75) is 52.2 Å². The molecule has 2 saturated heterocycles. The van der Waals surface area contributed by atoms with Crippen LogP contribution in [0.2, 0.25) is 0 Å². The molecule has 1 aromatic rings. The number of rotatable bonds is 4. The van der Waals surface area contributed by atoms with Gasteiger partial charge in [-0.05, 0) is 20.3 Å². The Kier molecular flexibility index (Phi) is 4.85. The van der Waals surface area contributed by atoms with Crippen LogP contribution in [0.15, 0.2) is 0 Å². The highest BCUT2D eigenvalue weighted by molar-refractivity contribution is 5.13. The van der Waals surface area contributed by atoms with Gasteiger partial charge in [-0.15, -0.1) is 0 Å². The maximum Gasteiger partial charge on any atom is 0.123 e. The summed E-state index contributed by atoms with van der Waals surface area (Å²) < 4.78 is 8.10. The molecule has 2 aliphatic rings. The van der Waals surface area contributed by atoms with Gasteiger partial charge in [0.1, 0.15) is 5.82 Å². The van der Waals surface area contributed by atoms with Gasteiger partial charge < -0.3 is 9.30 Å². The summed E-state index contributed by atoms with van der Waals surface area (Å²) in [5.41, 5.74) is 2.43. The van der Waals surface area contributed by atoms with Gasteiger partial charge in [0.2, 0.25) is 0 Å². The van der Waals surface area contributed by atoms with Crippen LogP contribution in [0, 0.1) is 13.8 Å². The number of morpholine rings is 1. The number of imidazole rings is 1. The molecule has 3 heterocycles. The highest BCUT2D eigenvalue weighted by atomic mass is 16.5. The molecule has 2 fully saturated rings. The van der Waals surface area contributed by atoms with Gasteiger partial charge in [-0.3, -0.25) is 9.80 Å². The fourth-order valence-electron chi connectivity index (χ4n) is 3.85. The topological polar surface area (TPSA) is 33.5 Å². The summed E-state index contributed by atoms with van der Waals surface area (Å²) in [6.07, 6.45) is 2.50. The highest BCUT2D eigenvalue weighted by Gasteiger charge is 2.35. The van der Waals surface area contributed by atoms with E-state index in [0.29, 0.717) is 12.1 Å². The van der Waals surface area contributed by atoms with Gasteiger partial charge in [-0.1, -0.05) is 13.3 Å². The first-order valence-electron chi connectivity index (χ1n) is 8.64. The molecule has 3 rings (SSSR count). The molecule has 5 heteroatoms. The zero-order valence-corrected chi connectivity index (χ0v) is 14.5. The average Bonchev–Trinajstić information content (AvgIpc) is 2.75. The fraction of sp³-hybridized carbons (Fsp3) is 0.824. The summed E-state index contributed by atoms with van der Waals surface area (Å²) >= 11 is 0. The predicted molar refractivity (Wildman–Crippen MR) is 88.0 cm³/mol. The van der Waals surface area contributed by atoms with E-state index in [9.17, 15) is 0 Å². The van der Waals surface area contributed by atoms with Gasteiger partial charge in [0.05, 0.1) is 25.5 Å². The summed E-state index contributed by atoms with van der Waals surface area (Å²) in [5, 5.41) is 0. The maximum absolute atomic E-state index is 5.86. The number of hydrogen-bond acceptors (Lipinski definition) is 4. The lowest BCUT2D eigenvalue weighted by Crippen LogP contribution is -2.61. The van der Waals surface area contributed by atoms with Crippen molar-refractivity contribution in [2.24, 2.45) is 7.05 Å². The normalized spacial score (nSPS) is 27.1. The Morgan fingerprint density at radius 3 is 2.73 bits per heavy atom. The molecule has 0 aliphatic carbocycles. The van der Waals surface area contributed by atoms with E-state index in [1.165, 1.54) is 30.9 Å². The second-order valence-corrected chi connectivity index (χ2v) is 6.86. The van der Waals surface area contributed by atoms with Gasteiger partial charge in [0.25, 0.3) is 0 Å². The summed E-state index contributed by atoms with van der Waals surface area (Å²) in [4.78, 5) is 9.96. The summed E-state index contributed by atoms with van der Waals surface area (Å²) in [6.45, 7) is 12.7. The van der Waals surface area contributed by atoms with Crippen LogP contribution in [-0.2, 0) is 18.3 Å². The third kappa shape index (κ3) is 3.07. The summed E-state index contributed by atoms with van der Waals surface area (Å²) in [6, 6.07) is 1.19. The number of ether oxygens (including phenoxy) is 1. The zero-order valence-electron chi connectivity index (χ0n) is 14.5. The van der Waals surface area contributed by atoms with Crippen molar-refractivity contribution >= 4 is 0 Å². The lowest BCUT2D eigenvalue weighted by molar-refractivity contribution is -0.0844. The fourth-order valence-corrected chi connectivity index (χ4v) is 3.85. The van der Waals surface area contributed by atoms with E-state index in [0.717, 1.165) is 38.5 Å². The van der Waals surface area contributed by atoms with Crippen LogP contribution in [0.4, 0.5) is 0 Å². The van der Waals surface area contributed by atoms with Crippen LogP contribution < -0.4 is 0 Å². The van der Waals surface area contributed by atoms with E-state index in [-0.39, 0.29) is 0 Å². The third-order valence-corrected chi connectivity index (χ3v) is 5.40. The molecule has 0 radical (unpaired) electrons. The minimum Gasteiger partial charge on any atom is -0.378 e. The Morgan fingerprint density at radius 1 is 1.23 bits per heavy atom. The van der Waals surface area contributed by atoms with E-state index in [1.807, 2.05) is 0 Å². The quantitative estimate of drug-likeness (QED) is 0.848. The molecular weight excluding hydrogens is 276 g/mol. The van der Waals surface area contributed by atoms with Crippen molar-refractivity contribution < 1.29 is 4.74 Å². The number of fused-ring (bicyclic) bond motifs is 1. The number of hydrogen-bond donors (Lipinski definition) is 0. The molecule has 0 amide bonds. The van der Waals surface area contributed by atoms with E-state index in [1.54, 1.807) is 0 Å². The van der Waals surface area contributed by atoms with E-state index < -0.39 is 0 Å². The van der Waals surface area contributed by atoms with Gasteiger partial charge in [-0.25, -0.2) is 4.98 Å². The van der Waals surface area contributed by atoms with Crippen molar-refractivity contribution in [3.63, 3.8) is 0 Å². The Labute approximate surface area is 134 Å². The van der Waals surface area contributed by atoms with Gasteiger partial charge in [0, 0.05) is 44.5 Å².